The Balaban J connectivity index is 1.88. The molecule has 0 aliphatic heterocycles. The first-order valence-corrected chi connectivity index (χ1v) is 10.6. The maximum atomic E-state index is 13.0. The van der Waals surface area contributed by atoms with E-state index in [4.69, 9.17) is 11.6 Å². The third kappa shape index (κ3) is 4.17. The molecule has 1 atom stereocenters. The number of aliphatic hydroxyl groups excluding tert-OH is 1. The van der Waals surface area contributed by atoms with Crippen molar-refractivity contribution >= 4 is 21.6 Å². The van der Waals surface area contributed by atoms with Crippen LogP contribution in [0.1, 0.15) is 29.7 Å². The van der Waals surface area contributed by atoms with Crippen LogP contribution < -0.4 is 0 Å². The van der Waals surface area contributed by atoms with Crippen molar-refractivity contribution in [2.24, 2.45) is 0 Å². The van der Waals surface area contributed by atoms with Gasteiger partial charge in [-0.25, -0.2) is 13.4 Å². The van der Waals surface area contributed by atoms with Gasteiger partial charge in [-0.05, 0) is 61.1 Å². The fourth-order valence-electron chi connectivity index (χ4n) is 3.38. The van der Waals surface area contributed by atoms with Gasteiger partial charge in [-0.15, -0.1) is 0 Å². The monoisotopic (exact) mass is 410 g/mol. The van der Waals surface area contributed by atoms with E-state index in [1.165, 1.54) is 24.7 Å². The maximum absolute atomic E-state index is 13.0. The molecule has 0 radical (unpaired) electrons. The van der Waals surface area contributed by atoms with E-state index < -0.39 is 22.2 Å². The molecule has 0 saturated heterocycles. The molecule has 2 N–H and O–H groups in total. The van der Waals surface area contributed by atoms with Gasteiger partial charge in [-0.1, -0.05) is 23.7 Å². The fourth-order valence-corrected chi connectivity index (χ4v) is 4.82. The minimum Gasteiger partial charge on any atom is -0.393 e. The van der Waals surface area contributed by atoms with E-state index in [1.807, 2.05) is 6.07 Å². The van der Waals surface area contributed by atoms with Crippen molar-refractivity contribution in [2.45, 2.75) is 36.2 Å². The number of pyridine rings is 1. The molecule has 1 aromatic heterocycles. The number of halogens is 1. The van der Waals surface area contributed by atoms with Crippen LogP contribution in [0.4, 0.5) is 0 Å². The fraction of sp³-hybridized carbons (Fsp3) is 0.421. The first-order chi connectivity index (χ1) is 12.8. The normalized spacial score (nSPS) is 16.8. The molecule has 27 heavy (non-hydrogen) atoms. The van der Waals surface area contributed by atoms with Crippen molar-refractivity contribution < 1.29 is 18.6 Å². The van der Waals surface area contributed by atoms with Crippen molar-refractivity contribution in [2.75, 3.05) is 20.2 Å². The molecule has 0 fully saturated rings. The van der Waals surface area contributed by atoms with Crippen LogP contribution in [-0.4, -0.2) is 48.1 Å². The predicted molar refractivity (Wildman–Crippen MR) is 103 cm³/mol. The van der Waals surface area contributed by atoms with Gasteiger partial charge < -0.3 is 10.2 Å². The summed E-state index contributed by atoms with van der Waals surface area (Å²) in [6, 6.07) is 9.81. The molecule has 2 aromatic rings. The molecule has 0 saturated carbocycles. The summed E-state index contributed by atoms with van der Waals surface area (Å²) in [6.07, 6.45) is 4.01. The van der Waals surface area contributed by atoms with Gasteiger partial charge in [-0.3, -0.25) is 0 Å². The summed E-state index contributed by atoms with van der Waals surface area (Å²) in [5.74, 6) is 0. The number of sulfonamides is 1. The molecule has 1 heterocycles. The van der Waals surface area contributed by atoms with Crippen LogP contribution in [0.2, 0.25) is 5.15 Å². The molecule has 6 nitrogen and oxygen atoms in total. The first-order valence-electron chi connectivity index (χ1n) is 8.81. The van der Waals surface area contributed by atoms with Gasteiger partial charge in [0.2, 0.25) is 10.0 Å². The lowest BCUT2D eigenvalue weighted by Gasteiger charge is -2.30. The summed E-state index contributed by atoms with van der Waals surface area (Å²) in [5, 5.41) is 20.7. The van der Waals surface area contributed by atoms with Crippen LogP contribution in [0.3, 0.4) is 0 Å². The van der Waals surface area contributed by atoms with Gasteiger partial charge in [0, 0.05) is 7.05 Å². The molecule has 146 valence electrons. The minimum atomic E-state index is -3.83. The maximum Gasteiger partial charge on any atom is 0.242 e. The lowest BCUT2D eigenvalue weighted by atomic mass is 9.92. The molecule has 3 rings (SSSR count). The topological polar surface area (TPSA) is 90.7 Å². The van der Waals surface area contributed by atoms with Crippen molar-refractivity contribution in [3.8, 4) is 0 Å². The smallest absolute Gasteiger partial charge is 0.242 e. The zero-order valence-corrected chi connectivity index (χ0v) is 16.7. The Kier molecular flexibility index (Phi) is 5.88. The van der Waals surface area contributed by atoms with Gasteiger partial charge in [-0.2, -0.15) is 4.31 Å². The van der Waals surface area contributed by atoms with E-state index in [1.54, 1.807) is 18.2 Å². The molecule has 0 spiro atoms. The quantitative estimate of drug-likeness (QED) is 0.712. The molecule has 1 aliphatic carbocycles. The highest BCUT2D eigenvalue weighted by molar-refractivity contribution is 7.89. The Labute approximate surface area is 164 Å². The Morgan fingerprint density at radius 3 is 2.56 bits per heavy atom. The number of aryl methyl sites for hydroxylation is 2. The largest absolute Gasteiger partial charge is 0.393 e. The average Bonchev–Trinajstić information content (AvgIpc) is 2.67. The second kappa shape index (κ2) is 7.85. The highest BCUT2D eigenvalue weighted by Gasteiger charge is 2.36. The number of benzene rings is 1. The number of likely N-dealkylation sites (N-methyl/N-ethyl adjacent to an activating group) is 1. The van der Waals surface area contributed by atoms with Gasteiger partial charge in [0.05, 0.1) is 23.7 Å². The Morgan fingerprint density at radius 1 is 1.19 bits per heavy atom. The number of aliphatic hydroxyl groups is 2. The van der Waals surface area contributed by atoms with E-state index in [-0.39, 0.29) is 22.3 Å². The van der Waals surface area contributed by atoms with Crippen molar-refractivity contribution in [1.82, 2.24) is 9.29 Å². The Morgan fingerprint density at radius 2 is 1.89 bits per heavy atom. The predicted octanol–water partition coefficient (Wildman–Crippen LogP) is 2.11. The summed E-state index contributed by atoms with van der Waals surface area (Å²) >= 11 is 5.86. The van der Waals surface area contributed by atoms with Crippen LogP contribution in [0, 0.1) is 0 Å². The van der Waals surface area contributed by atoms with Gasteiger partial charge in [0.15, 0.2) is 0 Å². The number of hydrogen-bond acceptors (Lipinski definition) is 5. The van der Waals surface area contributed by atoms with Crippen LogP contribution in [-0.2, 0) is 28.5 Å². The number of aromatic nitrogens is 1. The third-order valence-electron chi connectivity index (χ3n) is 4.97. The molecule has 1 aromatic carbocycles. The Hall–Kier alpha value is -1.51. The standard InChI is InChI=1S/C19H23ClN2O4S/c1-22(12-19(24,13-23)17-7-4-8-18(20)21-17)27(25,26)16-10-9-14-5-2-3-6-15(14)11-16/h4,7-11,23-24H,2-3,5-6,12-13H2,1H3. The van der Waals surface area contributed by atoms with Gasteiger partial charge in [0.1, 0.15) is 10.8 Å². The van der Waals surface area contributed by atoms with E-state index in [0.29, 0.717) is 0 Å². The molecule has 0 amide bonds. The molecular formula is C19H23ClN2O4S. The lowest BCUT2D eigenvalue weighted by molar-refractivity contribution is -0.0321. The molecule has 0 bridgehead atoms. The minimum absolute atomic E-state index is 0.116. The van der Waals surface area contributed by atoms with E-state index in [2.05, 4.69) is 4.98 Å². The molecule has 1 unspecified atom stereocenters. The number of fused-ring (bicyclic) bond motifs is 1. The van der Waals surface area contributed by atoms with Crippen LogP contribution in [0.5, 0.6) is 0 Å². The van der Waals surface area contributed by atoms with Gasteiger partial charge >= 0.3 is 0 Å². The summed E-state index contributed by atoms with van der Waals surface area (Å²) < 4.78 is 27.0. The van der Waals surface area contributed by atoms with E-state index in [0.717, 1.165) is 35.6 Å². The van der Waals surface area contributed by atoms with Crippen molar-refractivity contribution in [3.63, 3.8) is 0 Å². The zero-order valence-electron chi connectivity index (χ0n) is 15.1. The number of hydrogen-bond donors (Lipinski definition) is 2. The highest BCUT2D eigenvalue weighted by atomic mass is 35.5. The van der Waals surface area contributed by atoms with E-state index >= 15 is 0 Å². The summed E-state index contributed by atoms with van der Waals surface area (Å²) in [4.78, 5) is 4.20. The highest BCUT2D eigenvalue weighted by Crippen LogP contribution is 2.28. The van der Waals surface area contributed by atoms with E-state index in [9.17, 15) is 18.6 Å². The Bertz CT molecular complexity index is 935. The molecular weight excluding hydrogens is 388 g/mol. The summed E-state index contributed by atoms with van der Waals surface area (Å²) in [7, 11) is -2.46. The second-order valence-corrected chi connectivity index (χ2v) is 9.37. The SMILES string of the molecule is CN(CC(O)(CO)c1cccc(Cl)n1)S(=O)(=O)c1ccc2c(c1)CCCC2. The average molecular weight is 411 g/mol. The first kappa shape index (κ1) is 20.2. The zero-order chi connectivity index (χ0) is 19.7. The summed E-state index contributed by atoms with van der Waals surface area (Å²) in [6.45, 7) is -1.04. The lowest BCUT2D eigenvalue weighted by Crippen LogP contribution is -2.44. The van der Waals surface area contributed by atoms with Crippen LogP contribution in [0.25, 0.3) is 0 Å². The summed E-state index contributed by atoms with van der Waals surface area (Å²) in [5.41, 5.74) is 0.508. The number of nitrogens with zero attached hydrogens (tertiary/aromatic N) is 2. The van der Waals surface area contributed by atoms with Crippen LogP contribution in [0.15, 0.2) is 41.3 Å². The van der Waals surface area contributed by atoms with Crippen LogP contribution >= 0.6 is 11.6 Å². The van der Waals surface area contributed by atoms with Crippen molar-refractivity contribution in [3.05, 3.63) is 58.4 Å². The van der Waals surface area contributed by atoms with Gasteiger partial charge in [0.25, 0.3) is 0 Å². The van der Waals surface area contributed by atoms with Crippen molar-refractivity contribution in [1.29, 1.82) is 0 Å². The second-order valence-electron chi connectivity index (χ2n) is 6.93. The molecule has 1 aliphatic rings. The molecule has 8 heteroatoms. The third-order valence-corrected chi connectivity index (χ3v) is 6.98. The number of rotatable bonds is 6.